The summed E-state index contributed by atoms with van der Waals surface area (Å²) in [6.45, 7) is 2.11. The molecule has 0 amide bonds. The van der Waals surface area contributed by atoms with E-state index in [4.69, 9.17) is 16.4 Å². The van der Waals surface area contributed by atoms with Crippen molar-refractivity contribution in [3.63, 3.8) is 0 Å². The second kappa shape index (κ2) is 6.53. The van der Waals surface area contributed by atoms with Crippen molar-refractivity contribution in [2.24, 2.45) is 0 Å². The molecule has 0 heterocycles. The zero-order valence-electron chi connectivity index (χ0n) is 9.44. The van der Waals surface area contributed by atoms with E-state index in [2.05, 4.69) is 18.9 Å². The van der Waals surface area contributed by atoms with Gasteiger partial charge in [-0.1, -0.05) is 31.4 Å². The predicted molar refractivity (Wildman–Crippen MR) is 63.9 cm³/mol. The smallest absolute Gasteiger partial charge is 0.159 e. The fourth-order valence-electron chi connectivity index (χ4n) is 1.38. The van der Waals surface area contributed by atoms with E-state index >= 15 is 0 Å². The molecular weight excluding hydrogens is 198 g/mol. The Labute approximate surface area is 96.9 Å². The topological polar surface area (TPSA) is 33.0 Å². The van der Waals surface area contributed by atoms with E-state index in [1.165, 1.54) is 0 Å². The quantitative estimate of drug-likeness (QED) is 0.704. The number of hydrogen-bond acceptors (Lipinski definition) is 2. The summed E-state index contributed by atoms with van der Waals surface area (Å²) < 4.78 is 5.63. The van der Waals surface area contributed by atoms with Crippen molar-refractivity contribution in [2.45, 2.75) is 32.3 Å². The maximum atomic E-state index is 8.90. The molecule has 1 unspecified atom stereocenters. The number of terminal acetylenes is 1. The molecule has 0 bridgehead atoms. The summed E-state index contributed by atoms with van der Waals surface area (Å²) in [6.07, 6.45) is 8.10. The van der Waals surface area contributed by atoms with Gasteiger partial charge >= 0.3 is 0 Å². The highest BCUT2D eigenvalue weighted by atomic mass is 16.5. The van der Waals surface area contributed by atoms with Gasteiger partial charge in [0, 0.05) is 0 Å². The van der Waals surface area contributed by atoms with Crippen molar-refractivity contribution in [3.05, 3.63) is 29.8 Å². The lowest BCUT2D eigenvalue weighted by molar-refractivity contribution is 0.243. The minimum absolute atomic E-state index is 0.241. The third kappa shape index (κ3) is 3.33. The molecule has 0 aliphatic rings. The molecular formula is C14H15NO. The highest BCUT2D eigenvalue weighted by molar-refractivity contribution is 5.42. The second-order valence-corrected chi connectivity index (χ2v) is 3.52. The number of para-hydroxylation sites is 1. The van der Waals surface area contributed by atoms with Gasteiger partial charge in [0.1, 0.15) is 11.8 Å². The molecule has 0 N–H and O–H groups in total. The van der Waals surface area contributed by atoms with Crippen LogP contribution in [0, 0.1) is 23.7 Å². The van der Waals surface area contributed by atoms with Crippen molar-refractivity contribution < 1.29 is 4.74 Å². The van der Waals surface area contributed by atoms with Crippen LogP contribution in [0.1, 0.15) is 31.7 Å². The Morgan fingerprint density at radius 3 is 2.81 bits per heavy atom. The Bertz CT molecular complexity index is 411. The summed E-state index contributed by atoms with van der Waals surface area (Å²) in [5.74, 6) is 3.18. The minimum atomic E-state index is -0.241. The van der Waals surface area contributed by atoms with Gasteiger partial charge in [0.15, 0.2) is 6.10 Å². The predicted octanol–water partition coefficient (Wildman–Crippen LogP) is 3.13. The number of benzene rings is 1. The molecule has 0 fully saturated rings. The number of nitrogens with zero attached hydrogens (tertiary/aromatic N) is 1. The van der Waals surface area contributed by atoms with E-state index in [1.807, 2.05) is 12.1 Å². The molecule has 16 heavy (non-hydrogen) atoms. The third-order valence-corrected chi connectivity index (χ3v) is 2.28. The van der Waals surface area contributed by atoms with Gasteiger partial charge in [-0.15, -0.1) is 6.42 Å². The van der Waals surface area contributed by atoms with Crippen molar-refractivity contribution in [3.8, 4) is 24.2 Å². The van der Waals surface area contributed by atoms with Crippen LogP contribution in [0.4, 0.5) is 0 Å². The molecule has 0 radical (unpaired) electrons. The van der Waals surface area contributed by atoms with Crippen molar-refractivity contribution in [1.82, 2.24) is 0 Å². The zero-order chi connectivity index (χ0) is 11.8. The summed E-state index contributed by atoms with van der Waals surface area (Å²) in [5, 5.41) is 8.90. The first kappa shape index (κ1) is 12.1. The van der Waals surface area contributed by atoms with Gasteiger partial charge in [-0.2, -0.15) is 5.26 Å². The van der Waals surface area contributed by atoms with Crippen LogP contribution >= 0.6 is 0 Å². The average molecular weight is 213 g/mol. The van der Waals surface area contributed by atoms with Gasteiger partial charge < -0.3 is 4.74 Å². The number of hydrogen-bond donors (Lipinski definition) is 0. The molecule has 1 aromatic rings. The van der Waals surface area contributed by atoms with E-state index in [-0.39, 0.29) is 6.10 Å². The highest BCUT2D eigenvalue weighted by Crippen LogP contribution is 2.19. The lowest BCUT2D eigenvalue weighted by atomic mass is 10.1. The first-order chi connectivity index (χ1) is 7.81. The molecule has 2 nitrogen and oxygen atoms in total. The van der Waals surface area contributed by atoms with Crippen LogP contribution in [0.2, 0.25) is 0 Å². The Hall–Kier alpha value is -1.93. The van der Waals surface area contributed by atoms with E-state index in [1.54, 1.807) is 12.1 Å². The number of rotatable bonds is 5. The molecule has 0 spiro atoms. The molecule has 1 rings (SSSR count). The van der Waals surface area contributed by atoms with Crippen LogP contribution in [0.25, 0.3) is 0 Å². The maximum Gasteiger partial charge on any atom is 0.159 e. The molecule has 0 aliphatic carbocycles. The minimum Gasteiger partial charge on any atom is -0.476 e. The van der Waals surface area contributed by atoms with Crippen LogP contribution in [0.3, 0.4) is 0 Å². The molecule has 0 saturated heterocycles. The number of nitriles is 1. The normalized spacial score (nSPS) is 11.2. The standard InChI is InChI=1S/C14H15NO/c1-3-5-9-13(4-2)16-14-10-7-6-8-12(14)11-15/h2,6-8,10,13H,3,5,9H2,1H3. The Morgan fingerprint density at radius 1 is 1.44 bits per heavy atom. The second-order valence-electron chi connectivity index (χ2n) is 3.52. The van der Waals surface area contributed by atoms with Gasteiger partial charge in [0.05, 0.1) is 5.56 Å². The van der Waals surface area contributed by atoms with Crippen LogP contribution in [0.5, 0.6) is 5.75 Å². The summed E-state index contributed by atoms with van der Waals surface area (Å²) in [6, 6.07) is 9.23. The molecule has 1 aromatic carbocycles. The zero-order valence-corrected chi connectivity index (χ0v) is 9.44. The highest BCUT2D eigenvalue weighted by Gasteiger charge is 2.09. The molecule has 0 aromatic heterocycles. The summed E-state index contributed by atoms with van der Waals surface area (Å²) in [7, 11) is 0. The van der Waals surface area contributed by atoms with Crippen LogP contribution < -0.4 is 4.74 Å². The lowest BCUT2D eigenvalue weighted by Gasteiger charge is -2.14. The SMILES string of the molecule is C#CC(CCCC)Oc1ccccc1C#N. The fourth-order valence-corrected chi connectivity index (χ4v) is 1.38. The van der Waals surface area contributed by atoms with Gasteiger partial charge in [0.25, 0.3) is 0 Å². The average Bonchev–Trinajstić information content (AvgIpc) is 2.34. The summed E-state index contributed by atoms with van der Waals surface area (Å²) >= 11 is 0. The number of unbranched alkanes of at least 4 members (excludes halogenated alkanes) is 1. The summed E-state index contributed by atoms with van der Waals surface area (Å²) in [4.78, 5) is 0. The number of ether oxygens (including phenoxy) is 1. The van der Waals surface area contributed by atoms with Crippen molar-refractivity contribution in [2.75, 3.05) is 0 Å². The summed E-state index contributed by atoms with van der Waals surface area (Å²) in [5.41, 5.74) is 0.527. The van der Waals surface area contributed by atoms with Crippen LogP contribution in [0.15, 0.2) is 24.3 Å². The van der Waals surface area contributed by atoms with Gasteiger partial charge in [0.2, 0.25) is 0 Å². The van der Waals surface area contributed by atoms with E-state index in [9.17, 15) is 0 Å². The fraction of sp³-hybridized carbons (Fsp3) is 0.357. The van der Waals surface area contributed by atoms with E-state index in [0.717, 1.165) is 19.3 Å². The Balaban J connectivity index is 2.71. The Kier molecular flexibility index (Phi) is 4.96. The van der Waals surface area contributed by atoms with E-state index < -0.39 is 0 Å². The molecule has 0 saturated carbocycles. The first-order valence-corrected chi connectivity index (χ1v) is 5.43. The first-order valence-electron chi connectivity index (χ1n) is 5.43. The monoisotopic (exact) mass is 213 g/mol. The van der Waals surface area contributed by atoms with Gasteiger partial charge in [-0.05, 0) is 25.0 Å². The third-order valence-electron chi connectivity index (χ3n) is 2.28. The van der Waals surface area contributed by atoms with Gasteiger partial charge in [-0.3, -0.25) is 0 Å². The van der Waals surface area contributed by atoms with Crippen molar-refractivity contribution in [1.29, 1.82) is 5.26 Å². The van der Waals surface area contributed by atoms with Gasteiger partial charge in [-0.25, -0.2) is 0 Å². The molecule has 82 valence electrons. The Morgan fingerprint density at radius 2 is 2.19 bits per heavy atom. The van der Waals surface area contributed by atoms with E-state index in [0.29, 0.717) is 11.3 Å². The van der Waals surface area contributed by atoms with Crippen molar-refractivity contribution >= 4 is 0 Å². The maximum absolute atomic E-state index is 8.90. The lowest BCUT2D eigenvalue weighted by Crippen LogP contribution is -2.14. The molecule has 0 aliphatic heterocycles. The molecule has 1 atom stereocenters. The van der Waals surface area contributed by atoms with Crippen LogP contribution in [-0.2, 0) is 0 Å². The largest absolute Gasteiger partial charge is 0.476 e. The van der Waals surface area contributed by atoms with Crippen LogP contribution in [-0.4, -0.2) is 6.10 Å². The molecule has 2 heteroatoms.